The minimum absolute atomic E-state index is 0.0388. The Kier molecular flexibility index (Phi) is 8.23. The van der Waals surface area contributed by atoms with E-state index in [2.05, 4.69) is 59.3 Å². The van der Waals surface area contributed by atoms with Gasteiger partial charge in [0.05, 0.1) is 0 Å². The van der Waals surface area contributed by atoms with Crippen LogP contribution in [0.15, 0.2) is 18.2 Å². The summed E-state index contributed by atoms with van der Waals surface area (Å²) in [4.78, 5) is 29.7. The third-order valence-electron chi connectivity index (χ3n) is 7.87. The molecule has 8 nitrogen and oxygen atoms in total. The molecule has 0 aliphatic heterocycles. The quantitative estimate of drug-likeness (QED) is 0.474. The van der Waals surface area contributed by atoms with Crippen LogP contribution in [0.4, 0.5) is 21.0 Å². The molecule has 1 aromatic rings. The molecule has 2 aliphatic rings. The molecular formula is C25H42N6O2. The fourth-order valence-electron chi connectivity index (χ4n) is 5.30. The molecule has 0 saturated heterocycles. The van der Waals surface area contributed by atoms with Gasteiger partial charge in [-0.1, -0.05) is 31.7 Å². The van der Waals surface area contributed by atoms with Crippen molar-refractivity contribution in [2.45, 2.75) is 69.4 Å². The molecule has 33 heavy (non-hydrogen) atoms. The lowest BCUT2D eigenvalue weighted by Gasteiger charge is -2.36. The van der Waals surface area contributed by atoms with E-state index in [9.17, 15) is 9.59 Å². The summed E-state index contributed by atoms with van der Waals surface area (Å²) in [6.07, 6.45) is 9.20. The highest BCUT2D eigenvalue weighted by Gasteiger charge is 2.37. The number of likely N-dealkylation sites (N-methyl/N-ethyl adjacent to an activating group) is 2. The highest BCUT2D eigenvalue weighted by molar-refractivity contribution is 5.93. The van der Waals surface area contributed by atoms with Crippen molar-refractivity contribution < 1.29 is 9.59 Å². The van der Waals surface area contributed by atoms with Crippen LogP contribution in [-0.2, 0) is 0 Å². The fourth-order valence-corrected chi connectivity index (χ4v) is 5.30. The van der Waals surface area contributed by atoms with Gasteiger partial charge in [-0.25, -0.2) is 9.59 Å². The van der Waals surface area contributed by atoms with Gasteiger partial charge in [-0.3, -0.25) is 0 Å². The number of carbonyl (C=O) groups excluding carboxylic acids is 2. The van der Waals surface area contributed by atoms with Crippen LogP contribution in [0.25, 0.3) is 0 Å². The Hall–Kier alpha value is -2.32. The minimum atomic E-state index is -0.225. The van der Waals surface area contributed by atoms with Crippen molar-refractivity contribution in [1.29, 1.82) is 0 Å². The van der Waals surface area contributed by atoms with Crippen molar-refractivity contribution in [1.82, 2.24) is 20.4 Å². The van der Waals surface area contributed by atoms with Gasteiger partial charge in [-0.15, -0.1) is 0 Å². The van der Waals surface area contributed by atoms with E-state index in [1.807, 2.05) is 25.1 Å². The second-order valence-corrected chi connectivity index (χ2v) is 10.3. The standard InChI is InChI=1S/C25H42N6O2/c1-19-10-11-20(28-22(32)26-17-24(30(2)3)12-6-7-13-24)16-21(19)29-23(33)27-18-25(31(4)5)14-8-9-15-25/h10-11,16H,6-9,12-15,17-18H2,1-5H3,(H2,26,28,32)(H2,27,29,33). The number of nitrogens with zero attached hydrogens (tertiary/aromatic N) is 2. The molecule has 0 radical (unpaired) electrons. The number of aryl methyl sites for hydroxylation is 1. The van der Waals surface area contributed by atoms with Gasteiger partial charge in [-0.05, 0) is 78.5 Å². The average Bonchev–Trinajstić information content (AvgIpc) is 3.44. The lowest BCUT2D eigenvalue weighted by atomic mass is 9.96. The van der Waals surface area contributed by atoms with Gasteiger partial charge in [0.25, 0.3) is 0 Å². The van der Waals surface area contributed by atoms with Gasteiger partial charge in [0.15, 0.2) is 0 Å². The van der Waals surface area contributed by atoms with Gasteiger partial charge in [0.2, 0.25) is 0 Å². The van der Waals surface area contributed by atoms with E-state index >= 15 is 0 Å². The topological polar surface area (TPSA) is 88.7 Å². The van der Waals surface area contributed by atoms with E-state index in [1.54, 1.807) is 0 Å². The summed E-state index contributed by atoms with van der Waals surface area (Å²) in [6.45, 7) is 3.19. The molecule has 4 amide bonds. The number of urea groups is 2. The number of hydrogen-bond acceptors (Lipinski definition) is 4. The zero-order valence-corrected chi connectivity index (χ0v) is 21.0. The van der Waals surface area contributed by atoms with Crippen molar-refractivity contribution in [3.63, 3.8) is 0 Å². The number of anilines is 2. The Labute approximate surface area is 198 Å². The van der Waals surface area contributed by atoms with Crippen LogP contribution in [-0.4, -0.2) is 74.2 Å². The molecular weight excluding hydrogens is 416 g/mol. The molecule has 3 rings (SSSR count). The average molecular weight is 459 g/mol. The Morgan fingerprint density at radius 1 is 0.788 bits per heavy atom. The lowest BCUT2D eigenvalue weighted by Crippen LogP contribution is -2.51. The third kappa shape index (κ3) is 6.18. The smallest absolute Gasteiger partial charge is 0.319 e. The van der Waals surface area contributed by atoms with Crippen LogP contribution in [0, 0.1) is 6.92 Å². The predicted octanol–water partition coefficient (Wildman–Crippen LogP) is 3.99. The first kappa shape index (κ1) is 25.3. The first-order valence-corrected chi connectivity index (χ1v) is 12.2. The van der Waals surface area contributed by atoms with E-state index in [4.69, 9.17) is 0 Å². The summed E-state index contributed by atoms with van der Waals surface area (Å²) in [5.74, 6) is 0. The van der Waals surface area contributed by atoms with Crippen molar-refractivity contribution >= 4 is 23.4 Å². The lowest BCUT2D eigenvalue weighted by molar-refractivity contribution is 0.156. The maximum atomic E-state index is 12.6. The number of benzene rings is 1. The largest absolute Gasteiger partial charge is 0.336 e. The van der Waals surface area contributed by atoms with Crippen LogP contribution in [0.3, 0.4) is 0 Å². The van der Waals surface area contributed by atoms with Crippen molar-refractivity contribution in [2.75, 3.05) is 51.9 Å². The Bertz CT molecular complexity index is 826. The molecule has 0 aromatic heterocycles. The monoisotopic (exact) mass is 458 g/mol. The highest BCUT2D eigenvalue weighted by Crippen LogP contribution is 2.34. The molecule has 8 heteroatoms. The Morgan fingerprint density at radius 2 is 1.24 bits per heavy atom. The zero-order chi connectivity index (χ0) is 24.1. The molecule has 0 heterocycles. The van der Waals surface area contributed by atoms with Crippen molar-refractivity contribution in [3.8, 4) is 0 Å². The molecule has 0 spiro atoms. The second kappa shape index (κ2) is 10.7. The fraction of sp³-hybridized carbons (Fsp3) is 0.680. The molecule has 2 saturated carbocycles. The van der Waals surface area contributed by atoms with Gasteiger partial charge < -0.3 is 31.1 Å². The van der Waals surface area contributed by atoms with Gasteiger partial charge in [0.1, 0.15) is 0 Å². The Morgan fingerprint density at radius 3 is 1.70 bits per heavy atom. The van der Waals surface area contributed by atoms with Crippen molar-refractivity contribution in [3.05, 3.63) is 23.8 Å². The van der Waals surface area contributed by atoms with Gasteiger partial charge in [0, 0.05) is 35.5 Å². The maximum Gasteiger partial charge on any atom is 0.319 e. The molecule has 2 aliphatic carbocycles. The third-order valence-corrected chi connectivity index (χ3v) is 7.87. The summed E-state index contributed by atoms with van der Waals surface area (Å²) < 4.78 is 0. The van der Waals surface area contributed by atoms with Crippen LogP contribution in [0.5, 0.6) is 0 Å². The predicted molar refractivity (Wildman–Crippen MR) is 135 cm³/mol. The maximum absolute atomic E-state index is 12.6. The van der Waals surface area contributed by atoms with Crippen LogP contribution in [0.1, 0.15) is 56.9 Å². The minimum Gasteiger partial charge on any atom is -0.336 e. The van der Waals surface area contributed by atoms with Crippen molar-refractivity contribution in [2.24, 2.45) is 0 Å². The summed E-state index contributed by atoms with van der Waals surface area (Å²) in [5.41, 5.74) is 2.36. The number of carbonyl (C=O) groups is 2. The van der Waals surface area contributed by atoms with E-state index in [0.29, 0.717) is 24.5 Å². The zero-order valence-electron chi connectivity index (χ0n) is 21.0. The molecule has 0 atom stereocenters. The Balaban J connectivity index is 1.54. The molecule has 0 bridgehead atoms. The number of hydrogen-bond donors (Lipinski definition) is 4. The molecule has 1 aromatic carbocycles. The molecule has 2 fully saturated rings. The molecule has 4 N–H and O–H groups in total. The van der Waals surface area contributed by atoms with Gasteiger partial charge >= 0.3 is 12.1 Å². The normalized spacial score (nSPS) is 19.0. The summed E-state index contributed by atoms with van der Waals surface area (Å²) in [6, 6.07) is 5.12. The molecule has 0 unspecified atom stereocenters. The second-order valence-electron chi connectivity index (χ2n) is 10.3. The van der Waals surface area contributed by atoms with E-state index in [0.717, 1.165) is 31.2 Å². The first-order valence-electron chi connectivity index (χ1n) is 12.2. The summed E-state index contributed by atoms with van der Waals surface area (Å²) >= 11 is 0. The van der Waals surface area contributed by atoms with Crippen LogP contribution in [0.2, 0.25) is 0 Å². The first-order chi connectivity index (χ1) is 15.7. The SMILES string of the molecule is Cc1ccc(NC(=O)NCC2(N(C)C)CCCC2)cc1NC(=O)NCC1(N(C)C)CCCC1. The van der Waals surface area contributed by atoms with Crippen LogP contribution >= 0.6 is 0 Å². The van der Waals surface area contributed by atoms with E-state index < -0.39 is 0 Å². The number of nitrogens with one attached hydrogen (secondary N) is 4. The van der Waals surface area contributed by atoms with Crippen LogP contribution < -0.4 is 21.3 Å². The van der Waals surface area contributed by atoms with Gasteiger partial charge in [-0.2, -0.15) is 0 Å². The summed E-state index contributed by atoms with van der Waals surface area (Å²) in [5, 5.41) is 12.0. The number of amides is 4. The van der Waals surface area contributed by atoms with E-state index in [-0.39, 0.29) is 23.1 Å². The highest BCUT2D eigenvalue weighted by atomic mass is 16.2. The van der Waals surface area contributed by atoms with E-state index in [1.165, 1.54) is 25.7 Å². The molecule has 184 valence electrons. The summed E-state index contributed by atoms with van der Waals surface area (Å²) in [7, 11) is 8.34. The number of rotatable bonds is 8.